The normalized spacial score (nSPS) is 11.6. The van der Waals surface area contributed by atoms with Gasteiger partial charge in [-0.1, -0.05) is 17.7 Å². The first-order chi connectivity index (χ1) is 20.5. The molecule has 13 heteroatoms. The fourth-order valence-corrected chi connectivity index (χ4v) is 4.59. The second-order valence-electron chi connectivity index (χ2n) is 10.2. The lowest BCUT2D eigenvalue weighted by atomic mass is 10.0. The number of nitriles is 1. The summed E-state index contributed by atoms with van der Waals surface area (Å²) in [5, 5.41) is 15.7. The third-order valence-electron chi connectivity index (χ3n) is 6.38. The Hall–Kier alpha value is -4.99. The van der Waals surface area contributed by atoms with Crippen LogP contribution in [0.2, 0.25) is 5.02 Å². The molecule has 0 atom stereocenters. The predicted molar refractivity (Wildman–Crippen MR) is 165 cm³/mol. The Labute approximate surface area is 253 Å². The van der Waals surface area contributed by atoms with E-state index in [1.807, 2.05) is 6.07 Å². The molecular formula is C30H31ClN8O4. The molecule has 43 heavy (non-hydrogen) atoms. The zero-order chi connectivity index (χ0) is 31.3. The smallest absolute Gasteiger partial charge is 0.267 e. The van der Waals surface area contributed by atoms with Crippen LogP contribution < -0.4 is 31.4 Å². The lowest BCUT2D eigenvalue weighted by molar-refractivity contribution is -0.112. The highest BCUT2D eigenvalue weighted by molar-refractivity contribution is 6.35. The van der Waals surface area contributed by atoms with Gasteiger partial charge in [0.15, 0.2) is 0 Å². The minimum Gasteiger partial charge on any atom is -0.497 e. The average molecular weight is 603 g/mol. The van der Waals surface area contributed by atoms with E-state index in [4.69, 9.17) is 26.8 Å². The van der Waals surface area contributed by atoms with E-state index in [-0.39, 0.29) is 28.5 Å². The molecule has 0 aliphatic heterocycles. The molecule has 0 aliphatic carbocycles. The Morgan fingerprint density at radius 1 is 1.16 bits per heavy atom. The number of nitrogens with two attached hydrogens (primary N) is 1. The summed E-state index contributed by atoms with van der Waals surface area (Å²) >= 11 is 6.64. The maximum atomic E-state index is 14.0. The van der Waals surface area contributed by atoms with Crippen LogP contribution in [-0.4, -0.2) is 52.2 Å². The maximum absolute atomic E-state index is 14.0. The lowest BCUT2D eigenvalue weighted by Gasteiger charge is -2.16. The SMILES string of the molecule is CNc1ncc2cc(-c3cc(OC)cc(OC)c3Cl)c(=O)n(CCc3ccc(NC(=O)/C(C#N)=C/C(C)(C)N)nc3)c2n1. The van der Waals surface area contributed by atoms with Gasteiger partial charge in [0.1, 0.15) is 34.6 Å². The van der Waals surface area contributed by atoms with Crippen molar-refractivity contribution in [2.45, 2.75) is 32.4 Å². The minimum absolute atomic E-state index is 0.110. The van der Waals surface area contributed by atoms with E-state index in [0.717, 1.165) is 5.56 Å². The molecule has 0 unspecified atom stereocenters. The van der Waals surface area contributed by atoms with Gasteiger partial charge in [-0.25, -0.2) is 9.97 Å². The van der Waals surface area contributed by atoms with Crippen LogP contribution in [0.15, 0.2) is 59.2 Å². The molecule has 1 aromatic carbocycles. The van der Waals surface area contributed by atoms with Crippen molar-refractivity contribution in [3.05, 3.63) is 75.3 Å². The van der Waals surface area contributed by atoms with Crippen molar-refractivity contribution in [2.75, 3.05) is 31.9 Å². The van der Waals surface area contributed by atoms with Gasteiger partial charge in [0.25, 0.3) is 11.5 Å². The summed E-state index contributed by atoms with van der Waals surface area (Å²) in [6.07, 6.45) is 5.03. The van der Waals surface area contributed by atoms with Gasteiger partial charge in [0, 0.05) is 54.1 Å². The van der Waals surface area contributed by atoms with Crippen LogP contribution in [0, 0.1) is 11.3 Å². The summed E-state index contributed by atoms with van der Waals surface area (Å²) in [5.41, 5.74) is 6.66. The van der Waals surface area contributed by atoms with Crippen LogP contribution in [0.3, 0.4) is 0 Å². The van der Waals surface area contributed by atoms with Gasteiger partial charge >= 0.3 is 0 Å². The monoisotopic (exact) mass is 602 g/mol. The summed E-state index contributed by atoms with van der Waals surface area (Å²) in [4.78, 5) is 39.6. The molecule has 4 rings (SSSR count). The number of methoxy groups -OCH3 is 2. The van der Waals surface area contributed by atoms with Crippen LogP contribution in [-0.2, 0) is 17.8 Å². The van der Waals surface area contributed by atoms with E-state index in [1.54, 1.807) is 68.2 Å². The molecule has 222 valence electrons. The number of hydrogen-bond donors (Lipinski definition) is 3. The number of nitrogens with one attached hydrogen (secondary N) is 2. The standard InChI is InChI=1S/C30H31ClN8O4/c1-30(2,33)13-19(14-32)27(40)37-24-7-6-17(15-35-24)8-9-39-26-18(16-36-29(34-3)38-26)10-22(28(39)41)21-11-20(42-4)12-23(43-5)25(21)31/h6-7,10-13,15-16H,8-9,33H2,1-5H3,(H,34,36,38)(H,35,37,40)/b19-13+. The summed E-state index contributed by atoms with van der Waals surface area (Å²) in [6, 6.07) is 10.3. The van der Waals surface area contributed by atoms with E-state index in [2.05, 4.69) is 25.6 Å². The van der Waals surface area contributed by atoms with Crippen LogP contribution in [0.5, 0.6) is 11.5 Å². The van der Waals surface area contributed by atoms with E-state index >= 15 is 0 Å². The van der Waals surface area contributed by atoms with E-state index in [1.165, 1.54) is 20.3 Å². The number of aromatic nitrogens is 4. The number of amides is 1. The maximum Gasteiger partial charge on any atom is 0.267 e. The summed E-state index contributed by atoms with van der Waals surface area (Å²) in [6.45, 7) is 3.62. The molecule has 0 radical (unpaired) electrons. The predicted octanol–water partition coefficient (Wildman–Crippen LogP) is 3.93. The lowest BCUT2D eigenvalue weighted by Crippen LogP contribution is -2.30. The van der Waals surface area contributed by atoms with Crippen molar-refractivity contribution < 1.29 is 14.3 Å². The topological polar surface area (TPSA) is 170 Å². The van der Waals surface area contributed by atoms with Crippen molar-refractivity contribution in [1.29, 1.82) is 5.26 Å². The molecule has 0 saturated carbocycles. The second-order valence-corrected chi connectivity index (χ2v) is 10.6. The minimum atomic E-state index is -0.831. The van der Waals surface area contributed by atoms with E-state index in [9.17, 15) is 14.9 Å². The van der Waals surface area contributed by atoms with E-state index in [0.29, 0.717) is 46.0 Å². The second kappa shape index (κ2) is 12.9. The van der Waals surface area contributed by atoms with Crippen molar-refractivity contribution in [3.63, 3.8) is 0 Å². The summed E-state index contributed by atoms with van der Waals surface area (Å²) < 4.78 is 12.4. The van der Waals surface area contributed by atoms with Gasteiger partial charge in [-0.05, 0) is 50.1 Å². The van der Waals surface area contributed by atoms with Crippen LogP contribution >= 0.6 is 11.6 Å². The first-order valence-electron chi connectivity index (χ1n) is 13.2. The number of pyridine rings is 2. The summed E-state index contributed by atoms with van der Waals surface area (Å²) in [5.74, 6) is 0.865. The Morgan fingerprint density at radius 2 is 1.93 bits per heavy atom. The first-order valence-corrected chi connectivity index (χ1v) is 13.5. The van der Waals surface area contributed by atoms with E-state index < -0.39 is 11.4 Å². The number of carbonyl (C=O) groups is 1. The highest BCUT2D eigenvalue weighted by atomic mass is 35.5. The number of hydrogen-bond acceptors (Lipinski definition) is 10. The molecule has 12 nitrogen and oxygen atoms in total. The molecule has 0 aliphatic rings. The zero-order valence-corrected chi connectivity index (χ0v) is 25.1. The van der Waals surface area contributed by atoms with Crippen molar-refractivity contribution >= 4 is 40.3 Å². The number of halogens is 1. The van der Waals surface area contributed by atoms with Crippen LogP contribution in [0.1, 0.15) is 19.4 Å². The molecule has 0 saturated heterocycles. The number of rotatable bonds is 10. The third-order valence-corrected chi connectivity index (χ3v) is 6.77. The van der Waals surface area contributed by atoms with Gasteiger partial charge in [-0.15, -0.1) is 0 Å². The Balaban J connectivity index is 1.68. The fourth-order valence-electron chi connectivity index (χ4n) is 4.31. The van der Waals surface area contributed by atoms with Gasteiger partial charge in [-0.2, -0.15) is 10.2 Å². The largest absolute Gasteiger partial charge is 0.497 e. The molecular weight excluding hydrogens is 572 g/mol. The number of carbonyl (C=O) groups excluding carboxylic acids is 1. The van der Waals surface area contributed by atoms with Gasteiger partial charge in [0.05, 0.1) is 19.2 Å². The van der Waals surface area contributed by atoms with Crippen LogP contribution in [0.4, 0.5) is 11.8 Å². The quantitative estimate of drug-likeness (QED) is 0.178. The highest BCUT2D eigenvalue weighted by Crippen LogP contribution is 2.38. The van der Waals surface area contributed by atoms with Crippen molar-refractivity contribution in [2.24, 2.45) is 5.73 Å². The van der Waals surface area contributed by atoms with Gasteiger partial charge in [-0.3, -0.25) is 14.2 Å². The van der Waals surface area contributed by atoms with Crippen molar-refractivity contribution in [1.82, 2.24) is 19.5 Å². The number of anilines is 2. The fraction of sp³-hybridized carbons (Fsp3) is 0.267. The summed E-state index contributed by atoms with van der Waals surface area (Å²) in [7, 11) is 4.70. The number of nitrogens with zero attached hydrogens (tertiary/aromatic N) is 5. The first kappa shape index (κ1) is 31.0. The van der Waals surface area contributed by atoms with Crippen molar-refractivity contribution in [3.8, 4) is 28.7 Å². The molecule has 1 amide bonds. The van der Waals surface area contributed by atoms with Crippen LogP contribution in [0.25, 0.3) is 22.2 Å². The van der Waals surface area contributed by atoms with Gasteiger partial charge in [0.2, 0.25) is 5.95 Å². The Bertz CT molecular complexity index is 1810. The zero-order valence-electron chi connectivity index (χ0n) is 24.4. The average Bonchev–Trinajstić information content (AvgIpc) is 2.99. The molecule has 0 bridgehead atoms. The Morgan fingerprint density at radius 3 is 2.53 bits per heavy atom. The number of ether oxygens (including phenoxy) is 2. The number of benzene rings is 1. The molecule has 3 aromatic heterocycles. The molecule has 4 N–H and O–H groups in total. The molecule has 0 fully saturated rings. The molecule has 4 aromatic rings. The number of fused-ring (bicyclic) bond motifs is 1. The third kappa shape index (κ3) is 7.09. The Kier molecular flexibility index (Phi) is 9.28. The molecule has 0 spiro atoms. The molecule has 3 heterocycles. The number of aryl methyl sites for hydroxylation is 2. The van der Waals surface area contributed by atoms with Gasteiger partial charge < -0.3 is 25.8 Å². The highest BCUT2D eigenvalue weighted by Gasteiger charge is 2.19.